The molecule has 5 heteroatoms. The fraction of sp³-hybridized carbons (Fsp3) is 1.00. The average molecular weight is 309 g/mol. The maximum absolute atomic E-state index is 6.06. The first-order chi connectivity index (χ1) is 8.89. The van der Waals surface area contributed by atoms with E-state index in [-0.39, 0.29) is 0 Å². The van der Waals surface area contributed by atoms with E-state index in [1.165, 1.54) is 18.9 Å². The zero-order chi connectivity index (χ0) is 15.1. The molecule has 118 valence electrons. The van der Waals surface area contributed by atoms with Crippen LogP contribution in [0.25, 0.3) is 0 Å². The van der Waals surface area contributed by atoms with Crippen molar-refractivity contribution in [3.63, 3.8) is 0 Å². The minimum Gasteiger partial charge on any atom is -0.458 e. The molecule has 0 heterocycles. The fourth-order valence-electron chi connectivity index (χ4n) is 1.54. The Hall–Kier alpha value is 0.314. The topological polar surface area (TPSA) is 27.7 Å². The van der Waals surface area contributed by atoms with Gasteiger partial charge in [0.05, 0.1) is 13.2 Å². The summed E-state index contributed by atoms with van der Waals surface area (Å²) in [5.41, 5.74) is 0. The number of hydrogen-bond acceptors (Lipinski definition) is 3. The highest BCUT2D eigenvalue weighted by Crippen LogP contribution is 2.14. The summed E-state index contributed by atoms with van der Waals surface area (Å²) in [4.78, 5) is 0. The van der Waals surface area contributed by atoms with Crippen LogP contribution in [0.3, 0.4) is 0 Å². The summed E-state index contributed by atoms with van der Waals surface area (Å²) >= 11 is 0. The average Bonchev–Trinajstić information content (AvgIpc) is 2.32. The van der Waals surface area contributed by atoms with Gasteiger partial charge < -0.3 is 13.6 Å². The molecule has 0 radical (unpaired) electrons. The van der Waals surface area contributed by atoms with Crippen molar-refractivity contribution in [1.29, 1.82) is 0 Å². The van der Waals surface area contributed by atoms with Gasteiger partial charge in [-0.3, -0.25) is 0 Å². The van der Waals surface area contributed by atoms with Gasteiger partial charge in [0.1, 0.15) is 0 Å². The van der Waals surface area contributed by atoms with Crippen LogP contribution in [-0.2, 0) is 13.6 Å². The Morgan fingerprint density at radius 1 is 0.947 bits per heavy atom. The van der Waals surface area contributed by atoms with Crippen LogP contribution in [0.5, 0.6) is 0 Å². The smallest absolute Gasteiger partial charge is 0.173 e. The zero-order valence-electron chi connectivity index (χ0n) is 14.3. The summed E-state index contributed by atoms with van der Waals surface area (Å²) in [6, 6.07) is 1.20. The Bertz CT molecular complexity index is 174. The first-order valence-corrected chi connectivity index (χ1v) is 13.5. The van der Waals surface area contributed by atoms with Crippen molar-refractivity contribution in [3.05, 3.63) is 0 Å². The summed E-state index contributed by atoms with van der Waals surface area (Å²) in [6.45, 7) is 15.7. The molecule has 0 fully saturated rings. The Morgan fingerprint density at radius 2 is 1.53 bits per heavy atom. The number of rotatable bonds is 10. The second-order valence-electron chi connectivity index (χ2n) is 5.64. The molecule has 3 nitrogen and oxygen atoms in total. The number of ether oxygens (including phenoxy) is 2. The van der Waals surface area contributed by atoms with E-state index in [0.717, 1.165) is 13.0 Å². The number of hydrogen-bond donors (Lipinski definition) is 0. The summed E-state index contributed by atoms with van der Waals surface area (Å²) in [6.07, 6.45) is 3.75. The third-order valence-corrected chi connectivity index (χ3v) is 8.55. The van der Waals surface area contributed by atoms with E-state index in [1.54, 1.807) is 7.11 Å². The van der Waals surface area contributed by atoms with Crippen molar-refractivity contribution in [2.75, 3.05) is 26.9 Å². The van der Waals surface area contributed by atoms with E-state index in [1.807, 2.05) is 0 Å². The lowest BCUT2D eigenvalue weighted by Crippen LogP contribution is -2.35. The van der Waals surface area contributed by atoms with Gasteiger partial charge in [-0.2, -0.15) is 0 Å². The standard InChI is InChI=1S/C10H26O3Si2.C4H10/c1-11-8-9-12-7-6-10-15(4,5)13-14(2)3;1-3-4-2/h14H,6-10H2,1-5H3;3-4H2,1-2H3. The molecule has 0 aromatic heterocycles. The molecule has 0 N–H and O–H groups in total. The molecule has 0 aliphatic carbocycles. The first-order valence-electron chi connectivity index (χ1n) is 7.64. The van der Waals surface area contributed by atoms with Gasteiger partial charge in [0, 0.05) is 13.7 Å². The largest absolute Gasteiger partial charge is 0.458 e. The fourth-order valence-corrected chi connectivity index (χ4v) is 8.11. The van der Waals surface area contributed by atoms with E-state index in [2.05, 4.69) is 40.0 Å². The van der Waals surface area contributed by atoms with E-state index < -0.39 is 17.4 Å². The van der Waals surface area contributed by atoms with Gasteiger partial charge in [-0.25, -0.2) is 0 Å². The van der Waals surface area contributed by atoms with Crippen LogP contribution in [-0.4, -0.2) is 44.3 Å². The van der Waals surface area contributed by atoms with Crippen LogP contribution in [0.1, 0.15) is 33.1 Å². The Labute approximate surface area is 123 Å². The van der Waals surface area contributed by atoms with Gasteiger partial charge in [0.15, 0.2) is 17.4 Å². The molecule has 0 amide bonds. The predicted octanol–water partition coefficient (Wildman–Crippen LogP) is 4.05. The van der Waals surface area contributed by atoms with Crippen LogP contribution < -0.4 is 0 Å². The SMILES string of the molecule is CCCC.COCCOCCC[Si](C)(C)O[SiH](C)C. The van der Waals surface area contributed by atoms with E-state index in [0.29, 0.717) is 13.2 Å². The zero-order valence-corrected chi connectivity index (χ0v) is 16.4. The molecule has 0 atom stereocenters. The molecular weight excluding hydrogens is 272 g/mol. The molecule has 0 aromatic carbocycles. The minimum absolute atomic E-state index is 0.691. The quantitative estimate of drug-likeness (QED) is 0.450. The second-order valence-corrected chi connectivity index (χ2v) is 12.7. The van der Waals surface area contributed by atoms with Crippen LogP contribution in [0.4, 0.5) is 0 Å². The molecule has 0 saturated carbocycles. The Morgan fingerprint density at radius 3 is 1.95 bits per heavy atom. The summed E-state index contributed by atoms with van der Waals surface area (Å²) < 4.78 is 16.4. The summed E-state index contributed by atoms with van der Waals surface area (Å²) in [5, 5.41) is 0. The molecular formula is C14H36O3Si2. The highest BCUT2D eigenvalue weighted by Gasteiger charge is 2.22. The lowest BCUT2D eigenvalue weighted by Gasteiger charge is -2.25. The molecule has 19 heavy (non-hydrogen) atoms. The normalized spacial score (nSPS) is 11.4. The van der Waals surface area contributed by atoms with Crippen LogP contribution in [0.2, 0.25) is 32.2 Å². The van der Waals surface area contributed by atoms with Crippen molar-refractivity contribution < 1.29 is 13.6 Å². The minimum atomic E-state index is -1.38. The summed E-state index contributed by atoms with van der Waals surface area (Å²) in [5.74, 6) is 0. The maximum atomic E-state index is 6.06. The van der Waals surface area contributed by atoms with E-state index in [4.69, 9.17) is 13.6 Å². The van der Waals surface area contributed by atoms with E-state index in [9.17, 15) is 0 Å². The van der Waals surface area contributed by atoms with Gasteiger partial charge in [-0.1, -0.05) is 26.7 Å². The second kappa shape index (κ2) is 14.7. The van der Waals surface area contributed by atoms with Gasteiger partial charge in [0.25, 0.3) is 0 Å². The monoisotopic (exact) mass is 308 g/mol. The van der Waals surface area contributed by atoms with Crippen LogP contribution in [0.15, 0.2) is 0 Å². The van der Waals surface area contributed by atoms with Gasteiger partial charge >= 0.3 is 0 Å². The Balaban J connectivity index is 0. The molecule has 0 aliphatic rings. The first kappa shape index (κ1) is 21.6. The third kappa shape index (κ3) is 20.8. The molecule has 0 spiro atoms. The molecule has 0 bridgehead atoms. The number of unbranched alkanes of at least 4 members (excludes halogenated alkanes) is 1. The lowest BCUT2D eigenvalue weighted by molar-refractivity contribution is 0.0707. The number of methoxy groups -OCH3 is 1. The van der Waals surface area contributed by atoms with Crippen molar-refractivity contribution >= 4 is 17.4 Å². The molecule has 0 saturated heterocycles. The van der Waals surface area contributed by atoms with Crippen molar-refractivity contribution in [2.24, 2.45) is 0 Å². The molecule has 0 aromatic rings. The lowest BCUT2D eigenvalue weighted by atomic mass is 10.4. The van der Waals surface area contributed by atoms with E-state index >= 15 is 0 Å². The Kier molecular flexibility index (Phi) is 16.7. The maximum Gasteiger partial charge on any atom is 0.173 e. The van der Waals surface area contributed by atoms with Gasteiger partial charge in [-0.05, 0) is 38.7 Å². The predicted molar refractivity (Wildman–Crippen MR) is 90.1 cm³/mol. The highest BCUT2D eigenvalue weighted by atomic mass is 28.4. The summed E-state index contributed by atoms with van der Waals surface area (Å²) in [7, 11) is -0.554. The van der Waals surface area contributed by atoms with Gasteiger partial charge in [-0.15, -0.1) is 0 Å². The van der Waals surface area contributed by atoms with Crippen molar-refractivity contribution in [2.45, 2.75) is 65.3 Å². The van der Waals surface area contributed by atoms with Crippen molar-refractivity contribution in [3.8, 4) is 0 Å². The molecule has 0 rings (SSSR count). The van der Waals surface area contributed by atoms with Crippen LogP contribution in [0, 0.1) is 0 Å². The highest BCUT2D eigenvalue weighted by molar-refractivity contribution is 6.77. The third-order valence-electron chi connectivity index (χ3n) is 2.55. The molecule has 0 unspecified atom stereocenters. The molecule has 0 aliphatic heterocycles. The van der Waals surface area contributed by atoms with Gasteiger partial charge in [0.2, 0.25) is 0 Å². The van der Waals surface area contributed by atoms with Crippen molar-refractivity contribution in [1.82, 2.24) is 0 Å². The van der Waals surface area contributed by atoms with Crippen LogP contribution >= 0.6 is 0 Å².